The van der Waals surface area contributed by atoms with Gasteiger partial charge in [0, 0.05) is 37.2 Å². The van der Waals surface area contributed by atoms with Gasteiger partial charge in [0.1, 0.15) is 5.75 Å². The number of benzene rings is 2. The van der Waals surface area contributed by atoms with E-state index in [2.05, 4.69) is 5.32 Å². The van der Waals surface area contributed by atoms with E-state index in [9.17, 15) is 9.59 Å². The van der Waals surface area contributed by atoms with Gasteiger partial charge in [0.15, 0.2) is 0 Å². The Hall–Kier alpha value is -2.82. The summed E-state index contributed by atoms with van der Waals surface area (Å²) in [7, 11) is 3.41. The van der Waals surface area contributed by atoms with E-state index in [-0.39, 0.29) is 17.7 Å². The summed E-state index contributed by atoms with van der Waals surface area (Å²) < 4.78 is 5.34. The van der Waals surface area contributed by atoms with Crippen LogP contribution in [0, 0.1) is 5.92 Å². The second-order valence-corrected chi connectivity index (χ2v) is 6.65. The molecule has 5 heteroatoms. The van der Waals surface area contributed by atoms with Crippen molar-refractivity contribution in [1.82, 2.24) is 4.90 Å². The molecule has 26 heavy (non-hydrogen) atoms. The van der Waals surface area contributed by atoms with Crippen LogP contribution in [0.2, 0.25) is 0 Å². The quantitative estimate of drug-likeness (QED) is 0.868. The summed E-state index contributed by atoms with van der Waals surface area (Å²) in [6.07, 6.45) is 1.59. The average molecular weight is 352 g/mol. The topological polar surface area (TPSA) is 58.6 Å². The molecular formula is C21H24N2O3. The molecule has 0 fully saturated rings. The van der Waals surface area contributed by atoms with E-state index in [1.165, 1.54) is 0 Å². The second-order valence-electron chi connectivity index (χ2n) is 6.65. The number of nitrogens with zero attached hydrogens (tertiary/aromatic N) is 1. The highest BCUT2D eigenvalue weighted by molar-refractivity contribution is 5.96. The number of ether oxygens (including phenoxy) is 1. The Balaban J connectivity index is 1.56. The Morgan fingerprint density at radius 3 is 2.73 bits per heavy atom. The molecule has 0 saturated heterocycles. The maximum absolute atomic E-state index is 12.5. The van der Waals surface area contributed by atoms with Crippen molar-refractivity contribution < 1.29 is 14.3 Å². The van der Waals surface area contributed by atoms with Gasteiger partial charge in [-0.3, -0.25) is 9.59 Å². The van der Waals surface area contributed by atoms with Gasteiger partial charge >= 0.3 is 0 Å². The molecule has 1 heterocycles. The van der Waals surface area contributed by atoms with E-state index >= 15 is 0 Å². The molecule has 1 aliphatic rings. The van der Waals surface area contributed by atoms with Gasteiger partial charge in [-0.05, 0) is 30.5 Å². The lowest BCUT2D eigenvalue weighted by molar-refractivity contribution is -0.131. The van der Waals surface area contributed by atoms with Crippen molar-refractivity contribution in [3.05, 3.63) is 59.7 Å². The number of anilines is 1. The minimum absolute atomic E-state index is 0.00359. The minimum atomic E-state index is -0.159. The fourth-order valence-corrected chi connectivity index (χ4v) is 3.31. The van der Waals surface area contributed by atoms with E-state index < -0.39 is 0 Å². The normalized spacial score (nSPS) is 15.8. The summed E-state index contributed by atoms with van der Waals surface area (Å²) in [5, 5.41) is 2.94. The van der Waals surface area contributed by atoms with E-state index in [1.807, 2.05) is 48.5 Å². The molecule has 0 spiro atoms. The van der Waals surface area contributed by atoms with Crippen molar-refractivity contribution in [2.45, 2.75) is 25.8 Å². The van der Waals surface area contributed by atoms with Crippen LogP contribution >= 0.6 is 0 Å². The Labute approximate surface area is 154 Å². The van der Waals surface area contributed by atoms with Gasteiger partial charge < -0.3 is 15.0 Å². The molecule has 1 unspecified atom stereocenters. The molecule has 0 bridgehead atoms. The van der Waals surface area contributed by atoms with Crippen molar-refractivity contribution in [2.75, 3.05) is 19.5 Å². The van der Waals surface area contributed by atoms with Crippen LogP contribution in [0.15, 0.2) is 48.5 Å². The van der Waals surface area contributed by atoms with Crippen LogP contribution in [0.4, 0.5) is 5.69 Å². The molecule has 2 amide bonds. The number of hydrogen-bond acceptors (Lipinski definition) is 3. The first-order valence-corrected chi connectivity index (χ1v) is 8.83. The molecule has 0 aromatic heterocycles. The third kappa shape index (κ3) is 4.04. The van der Waals surface area contributed by atoms with Gasteiger partial charge in [-0.2, -0.15) is 0 Å². The number of amides is 2. The molecule has 3 rings (SSSR count). The maximum Gasteiger partial charge on any atom is 0.227 e. The zero-order valence-corrected chi connectivity index (χ0v) is 15.2. The van der Waals surface area contributed by atoms with Gasteiger partial charge in [0.05, 0.1) is 7.11 Å². The molecule has 2 aromatic rings. The molecule has 1 N–H and O–H groups in total. The number of carbonyl (C=O) groups is 2. The second kappa shape index (κ2) is 8.04. The number of carbonyl (C=O) groups excluding carboxylic acids is 2. The van der Waals surface area contributed by atoms with E-state index in [0.29, 0.717) is 25.8 Å². The third-order valence-electron chi connectivity index (χ3n) is 4.84. The highest BCUT2D eigenvalue weighted by atomic mass is 16.5. The van der Waals surface area contributed by atoms with Crippen LogP contribution in [-0.2, 0) is 22.6 Å². The van der Waals surface area contributed by atoms with Crippen molar-refractivity contribution in [1.29, 1.82) is 0 Å². The molecule has 0 aliphatic carbocycles. The van der Waals surface area contributed by atoms with Crippen LogP contribution in [-0.4, -0.2) is 30.9 Å². The Bertz CT molecular complexity index is 803. The SMILES string of the molecule is COc1ccccc1CN(C)C(=O)CCC1Cc2ccccc2NC1=O. The van der Waals surface area contributed by atoms with Crippen molar-refractivity contribution in [3.63, 3.8) is 0 Å². The molecule has 0 radical (unpaired) electrons. The van der Waals surface area contributed by atoms with Gasteiger partial charge in [-0.15, -0.1) is 0 Å². The van der Waals surface area contributed by atoms with Gasteiger partial charge in [-0.25, -0.2) is 0 Å². The van der Waals surface area contributed by atoms with Crippen molar-refractivity contribution in [2.24, 2.45) is 5.92 Å². The highest BCUT2D eigenvalue weighted by Gasteiger charge is 2.26. The zero-order valence-electron chi connectivity index (χ0n) is 15.2. The maximum atomic E-state index is 12.5. The van der Waals surface area contributed by atoms with Crippen LogP contribution in [0.5, 0.6) is 5.75 Å². The predicted octanol–water partition coefficient (Wildman–Crippen LogP) is 3.24. The first kappa shape index (κ1) is 18.0. The lowest BCUT2D eigenvalue weighted by Gasteiger charge is -2.25. The minimum Gasteiger partial charge on any atom is -0.496 e. The molecule has 0 saturated carbocycles. The molecular weight excluding hydrogens is 328 g/mol. The fraction of sp³-hybridized carbons (Fsp3) is 0.333. The number of nitrogens with one attached hydrogen (secondary N) is 1. The molecule has 1 atom stereocenters. The predicted molar refractivity (Wildman–Crippen MR) is 101 cm³/mol. The molecule has 1 aliphatic heterocycles. The van der Waals surface area contributed by atoms with Crippen LogP contribution in [0.25, 0.3) is 0 Å². The largest absolute Gasteiger partial charge is 0.496 e. The fourth-order valence-electron chi connectivity index (χ4n) is 3.31. The molecule has 5 nitrogen and oxygen atoms in total. The highest BCUT2D eigenvalue weighted by Crippen LogP contribution is 2.28. The van der Waals surface area contributed by atoms with Crippen LogP contribution in [0.3, 0.4) is 0 Å². The summed E-state index contributed by atoms with van der Waals surface area (Å²) >= 11 is 0. The molecule has 136 valence electrons. The van der Waals surface area contributed by atoms with Crippen LogP contribution in [0.1, 0.15) is 24.0 Å². The summed E-state index contributed by atoms with van der Waals surface area (Å²) in [6, 6.07) is 15.5. The zero-order chi connectivity index (χ0) is 18.5. The van der Waals surface area contributed by atoms with E-state index in [4.69, 9.17) is 4.74 Å². The Morgan fingerprint density at radius 1 is 1.19 bits per heavy atom. The number of para-hydroxylation sites is 2. The van der Waals surface area contributed by atoms with Gasteiger partial charge in [0.25, 0.3) is 0 Å². The monoisotopic (exact) mass is 352 g/mol. The van der Waals surface area contributed by atoms with Crippen molar-refractivity contribution >= 4 is 17.5 Å². The average Bonchev–Trinajstić information content (AvgIpc) is 2.66. The lowest BCUT2D eigenvalue weighted by atomic mass is 9.89. The standard InChI is InChI=1S/C21H24N2O3/c1-23(14-17-8-4-6-10-19(17)26-2)20(24)12-11-16-13-15-7-3-5-9-18(15)22-21(16)25/h3-10,16H,11-14H2,1-2H3,(H,22,25). The molecule has 2 aromatic carbocycles. The van der Waals surface area contributed by atoms with Gasteiger partial charge in [0.2, 0.25) is 11.8 Å². The Morgan fingerprint density at radius 2 is 1.92 bits per heavy atom. The lowest BCUT2D eigenvalue weighted by Crippen LogP contribution is -2.32. The number of fused-ring (bicyclic) bond motifs is 1. The summed E-state index contributed by atoms with van der Waals surface area (Å²) in [5.74, 6) is 0.648. The van der Waals surface area contributed by atoms with Crippen LogP contribution < -0.4 is 10.1 Å². The third-order valence-corrected chi connectivity index (χ3v) is 4.84. The summed E-state index contributed by atoms with van der Waals surface area (Å²) in [6.45, 7) is 0.489. The first-order chi connectivity index (χ1) is 12.6. The van der Waals surface area contributed by atoms with E-state index in [0.717, 1.165) is 22.6 Å². The Kier molecular flexibility index (Phi) is 5.56. The first-order valence-electron chi connectivity index (χ1n) is 8.83. The van der Waals surface area contributed by atoms with Crippen molar-refractivity contribution in [3.8, 4) is 5.75 Å². The number of hydrogen-bond donors (Lipinski definition) is 1. The summed E-state index contributed by atoms with van der Waals surface area (Å²) in [4.78, 5) is 26.4. The van der Waals surface area contributed by atoms with E-state index in [1.54, 1.807) is 19.1 Å². The van der Waals surface area contributed by atoms with Gasteiger partial charge in [-0.1, -0.05) is 36.4 Å². The summed E-state index contributed by atoms with van der Waals surface area (Å²) in [5.41, 5.74) is 2.98. The number of rotatable bonds is 6. The number of methoxy groups -OCH3 is 1. The smallest absolute Gasteiger partial charge is 0.227 e.